The summed E-state index contributed by atoms with van der Waals surface area (Å²) in [6, 6.07) is 13.2. The van der Waals surface area contributed by atoms with Gasteiger partial charge in [-0.1, -0.05) is 18.2 Å². The number of piperidine rings is 1. The van der Waals surface area contributed by atoms with Gasteiger partial charge in [-0.15, -0.1) is 0 Å². The molecule has 3 aromatic rings. The lowest BCUT2D eigenvalue weighted by atomic mass is 9.93. The summed E-state index contributed by atoms with van der Waals surface area (Å²) in [6.45, 7) is 2.27. The predicted molar refractivity (Wildman–Crippen MR) is 113 cm³/mol. The normalized spacial score (nSPS) is 16.7. The maximum Gasteiger partial charge on any atom is 0.267 e. The number of carbonyl (C=O) groups is 2. The van der Waals surface area contributed by atoms with E-state index in [0.717, 1.165) is 55.2 Å². The van der Waals surface area contributed by atoms with Crippen LogP contribution in [-0.2, 0) is 0 Å². The van der Waals surface area contributed by atoms with E-state index in [9.17, 15) is 9.59 Å². The highest BCUT2D eigenvalue weighted by atomic mass is 16.2. The van der Waals surface area contributed by atoms with Gasteiger partial charge < -0.3 is 15.2 Å². The van der Waals surface area contributed by atoms with Crippen LogP contribution in [-0.4, -0.2) is 46.3 Å². The SMILES string of the molecule is O=C(NCCCC1CCCN(C(=O)c2ccccc2)C1)c1cc2cnccc2[nH]1. The first-order valence-electron chi connectivity index (χ1n) is 10.3. The average Bonchev–Trinajstić information content (AvgIpc) is 3.21. The Balaban J connectivity index is 1.23. The Morgan fingerprint density at radius 2 is 2.07 bits per heavy atom. The topological polar surface area (TPSA) is 78.1 Å². The number of pyridine rings is 1. The lowest BCUT2D eigenvalue weighted by Gasteiger charge is -2.33. The highest BCUT2D eigenvalue weighted by Crippen LogP contribution is 2.22. The van der Waals surface area contributed by atoms with E-state index in [2.05, 4.69) is 15.3 Å². The highest BCUT2D eigenvalue weighted by molar-refractivity contribution is 5.97. The molecule has 1 saturated heterocycles. The van der Waals surface area contributed by atoms with Crippen molar-refractivity contribution < 1.29 is 9.59 Å². The Bertz CT molecular complexity index is 950. The molecule has 4 rings (SSSR count). The number of rotatable bonds is 6. The third-order valence-electron chi connectivity index (χ3n) is 5.57. The first-order valence-corrected chi connectivity index (χ1v) is 10.3. The van der Waals surface area contributed by atoms with Crippen molar-refractivity contribution in [1.82, 2.24) is 20.2 Å². The fraction of sp³-hybridized carbons (Fsp3) is 0.348. The number of benzene rings is 1. The second-order valence-electron chi connectivity index (χ2n) is 7.67. The van der Waals surface area contributed by atoms with Crippen molar-refractivity contribution in [2.75, 3.05) is 19.6 Å². The van der Waals surface area contributed by atoms with Crippen molar-refractivity contribution in [2.45, 2.75) is 25.7 Å². The summed E-state index contributed by atoms with van der Waals surface area (Å²) in [5, 5.41) is 3.92. The van der Waals surface area contributed by atoms with Crippen molar-refractivity contribution in [2.24, 2.45) is 5.92 Å². The number of nitrogens with zero attached hydrogens (tertiary/aromatic N) is 2. The van der Waals surface area contributed by atoms with Crippen LogP contribution in [0, 0.1) is 5.92 Å². The zero-order valence-corrected chi connectivity index (χ0v) is 16.4. The van der Waals surface area contributed by atoms with E-state index in [0.29, 0.717) is 18.2 Å². The minimum absolute atomic E-state index is 0.0919. The summed E-state index contributed by atoms with van der Waals surface area (Å²) in [6.07, 6.45) is 7.55. The minimum Gasteiger partial charge on any atom is -0.351 e. The number of fused-ring (bicyclic) bond motifs is 1. The zero-order valence-electron chi connectivity index (χ0n) is 16.4. The summed E-state index contributed by atoms with van der Waals surface area (Å²) in [5.74, 6) is 0.523. The molecule has 1 unspecified atom stereocenters. The summed E-state index contributed by atoms with van der Waals surface area (Å²) in [7, 11) is 0. The summed E-state index contributed by atoms with van der Waals surface area (Å²) >= 11 is 0. The van der Waals surface area contributed by atoms with Crippen LogP contribution in [0.25, 0.3) is 10.9 Å². The smallest absolute Gasteiger partial charge is 0.267 e. The van der Waals surface area contributed by atoms with Gasteiger partial charge in [0, 0.05) is 48.5 Å². The van der Waals surface area contributed by atoms with Crippen molar-refractivity contribution in [1.29, 1.82) is 0 Å². The van der Waals surface area contributed by atoms with E-state index < -0.39 is 0 Å². The van der Waals surface area contributed by atoms with Crippen LogP contribution in [0.5, 0.6) is 0 Å². The third-order valence-corrected chi connectivity index (χ3v) is 5.57. The number of aromatic nitrogens is 2. The van der Waals surface area contributed by atoms with Crippen LogP contribution in [0.3, 0.4) is 0 Å². The van der Waals surface area contributed by atoms with Gasteiger partial charge in [0.1, 0.15) is 5.69 Å². The van der Waals surface area contributed by atoms with Gasteiger partial charge in [0.2, 0.25) is 0 Å². The predicted octanol–water partition coefficient (Wildman–Crippen LogP) is 3.63. The van der Waals surface area contributed by atoms with Crippen molar-refractivity contribution >= 4 is 22.7 Å². The quantitative estimate of drug-likeness (QED) is 0.631. The monoisotopic (exact) mass is 390 g/mol. The Morgan fingerprint density at radius 3 is 2.90 bits per heavy atom. The molecule has 0 radical (unpaired) electrons. The van der Waals surface area contributed by atoms with E-state index in [-0.39, 0.29) is 11.8 Å². The van der Waals surface area contributed by atoms with E-state index in [1.165, 1.54) is 0 Å². The van der Waals surface area contributed by atoms with Crippen LogP contribution in [0.15, 0.2) is 54.9 Å². The molecule has 0 saturated carbocycles. The minimum atomic E-state index is -0.0919. The van der Waals surface area contributed by atoms with Gasteiger partial charge in [-0.3, -0.25) is 14.6 Å². The van der Waals surface area contributed by atoms with E-state index in [1.54, 1.807) is 12.4 Å². The first kappa shape index (κ1) is 19.2. The molecule has 29 heavy (non-hydrogen) atoms. The lowest BCUT2D eigenvalue weighted by Crippen LogP contribution is -2.40. The van der Waals surface area contributed by atoms with Gasteiger partial charge in [-0.25, -0.2) is 0 Å². The number of hydrogen-bond donors (Lipinski definition) is 2. The molecule has 6 nitrogen and oxygen atoms in total. The molecule has 2 amide bonds. The molecular weight excluding hydrogens is 364 g/mol. The number of likely N-dealkylation sites (tertiary alicyclic amines) is 1. The average molecular weight is 390 g/mol. The van der Waals surface area contributed by atoms with Gasteiger partial charge >= 0.3 is 0 Å². The molecule has 0 spiro atoms. The molecule has 3 heterocycles. The fourth-order valence-corrected chi connectivity index (χ4v) is 4.03. The largest absolute Gasteiger partial charge is 0.351 e. The summed E-state index contributed by atoms with van der Waals surface area (Å²) in [4.78, 5) is 34.2. The standard InChI is InChI=1S/C23H26N4O2/c28-22(21-14-19-15-24-12-10-20(19)26-21)25-11-4-6-17-7-5-13-27(16-17)23(29)18-8-2-1-3-9-18/h1-3,8-10,12,14-15,17,26H,4-7,11,13,16H2,(H,25,28). The highest BCUT2D eigenvalue weighted by Gasteiger charge is 2.24. The third kappa shape index (κ3) is 4.65. The number of carbonyl (C=O) groups excluding carboxylic acids is 2. The second kappa shape index (κ2) is 8.90. The molecule has 1 fully saturated rings. The van der Waals surface area contributed by atoms with Crippen LogP contribution < -0.4 is 5.32 Å². The molecule has 1 aliphatic heterocycles. The van der Waals surface area contributed by atoms with Gasteiger partial charge in [0.05, 0.1) is 0 Å². The van der Waals surface area contributed by atoms with E-state index in [4.69, 9.17) is 0 Å². The number of hydrogen-bond acceptors (Lipinski definition) is 3. The summed E-state index contributed by atoms with van der Waals surface area (Å²) < 4.78 is 0. The zero-order chi connectivity index (χ0) is 20.1. The molecule has 1 atom stereocenters. The molecule has 0 aliphatic carbocycles. The van der Waals surface area contributed by atoms with Crippen molar-refractivity contribution in [3.63, 3.8) is 0 Å². The van der Waals surface area contributed by atoms with Gasteiger partial charge in [0.15, 0.2) is 0 Å². The molecule has 2 N–H and O–H groups in total. The van der Waals surface area contributed by atoms with Crippen LogP contribution in [0.1, 0.15) is 46.5 Å². The Kier molecular flexibility index (Phi) is 5.89. The maximum absolute atomic E-state index is 12.7. The van der Waals surface area contributed by atoms with Crippen molar-refractivity contribution in [3.8, 4) is 0 Å². The fourth-order valence-electron chi connectivity index (χ4n) is 4.03. The van der Waals surface area contributed by atoms with Gasteiger partial charge in [-0.2, -0.15) is 0 Å². The van der Waals surface area contributed by atoms with E-state index in [1.807, 2.05) is 47.4 Å². The number of H-pyrrole nitrogens is 1. The van der Waals surface area contributed by atoms with Crippen molar-refractivity contribution in [3.05, 3.63) is 66.1 Å². The Morgan fingerprint density at radius 1 is 1.21 bits per heavy atom. The lowest BCUT2D eigenvalue weighted by molar-refractivity contribution is 0.0667. The molecular formula is C23H26N4O2. The number of amides is 2. The Labute approximate surface area is 170 Å². The van der Waals surface area contributed by atoms with Gasteiger partial charge in [0.25, 0.3) is 11.8 Å². The Hall–Kier alpha value is -3.15. The van der Waals surface area contributed by atoms with Crippen LogP contribution in [0.4, 0.5) is 0 Å². The number of aromatic amines is 1. The number of nitrogens with one attached hydrogen (secondary N) is 2. The molecule has 6 heteroatoms. The molecule has 2 aromatic heterocycles. The van der Waals surface area contributed by atoms with Crippen LogP contribution >= 0.6 is 0 Å². The molecule has 0 bridgehead atoms. The van der Waals surface area contributed by atoms with Crippen LogP contribution in [0.2, 0.25) is 0 Å². The van der Waals surface area contributed by atoms with Gasteiger partial charge in [-0.05, 0) is 55.9 Å². The van der Waals surface area contributed by atoms with E-state index >= 15 is 0 Å². The molecule has 150 valence electrons. The summed E-state index contributed by atoms with van der Waals surface area (Å²) in [5.41, 5.74) is 2.23. The second-order valence-corrected chi connectivity index (χ2v) is 7.67. The maximum atomic E-state index is 12.7. The molecule has 1 aliphatic rings. The molecule has 1 aromatic carbocycles. The first-order chi connectivity index (χ1) is 14.2.